The van der Waals surface area contributed by atoms with Crippen molar-refractivity contribution < 1.29 is 13.9 Å². The van der Waals surface area contributed by atoms with Crippen molar-refractivity contribution in [2.45, 2.75) is 38.1 Å². The highest BCUT2D eigenvalue weighted by atomic mass is 19.1. The largest absolute Gasteiger partial charge is 0.495 e. The highest BCUT2D eigenvalue weighted by Crippen LogP contribution is 2.34. The predicted octanol–water partition coefficient (Wildman–Crippen LogP) is 3.03. The fourth-order valence-corrected chi connectivity index (χ4v) is 3.30. The van der Waals surface area contributed by atoms with Gasteiger partial charge in [0, 0.05) is 30.9 Å². The number of amides is 1. The van der Waals surface area contributed by atoms with Gasteiger partial charge in [-0.25, -0.2) is 4.39 Å². The van der Waals surface area contributed by atoms with Gasteiger partial charge in [0.15, 0.2) is 0 Å². The first-order valence-corrected chi connectivity index (χ1v) is 8.46. The summed E-state index contributed by atoms with van der Waals surface area (Å²) in [7, 11) is 1.56. The summed E-state index contributed by atoms with van der Waals surface area (Å²) in [4.78, 5) is 14.1. The maximum absolute atomic E-state index is 14.6. The number of rotatable bonds is 4. The van der Waals surface area contributed by atoms with Crippen LogP contribution in [0.25, 0.3) is 0 Å². The van der Waals surface area contributed by atoms with Crippen LogP contribution in [0.1, 0.15) is 32.1 Å². The summed E-state index contributed by atoms with van der Waals surface area (Å²) in [6.45, 7) is 5.49. The molecule has 2 heterocycles. The number of nitrogens with one attached hydrogen (secondary N) is 2. The van der Waals surface area contributed by atoms with Gasteiger partial charge in [-0.05, 0) is 32.1 Å². The second kappa shape index (κ2) is 7.11. The Morgan fingerprint density at radius 3 is 2.75 bits per heavy atom. The van der Waals surface area contributed by atoms with Gasteiger partial charge in [-0.2, -0.15) is 0 Å². The van der Waals surface area contributed by atoms with Crippen molar-refractivity contribution in [3.05, 3.63) is 30.2 Å². The van der Waals surface area contributed by atoms with E-state index in [1.807, 2.05) is 0 Å². The molecule has 2 aliphatic heterocycles. The normalized spacial score (nSPS) is 21.4. The lowest BCUT2D eigenvalue weighted by Crippen LogP contribution is -2.43. The molecule has 1 atom stereocenters. The third-order valence-corrected chi connectivity index (χ3v) is 4.65. The minimum Gasteiger partial charge on any atom is -0.495 e. The first-order chi connectivity index (χ1) is 11.6. The Labute approximate surface area is 141 Å². The summed E-state index contributed by atoms with van der Waals surface area (Å²) in [5, 5.41) is 5.83. The number of hydrogen-bond acceptors (Lipinski definition) is 4. The zero-order valence-electron chi connectivity index (χ0n) is 14.0. The van der Waals surface area contributed by atoms with Crippen molar-refractivity contribution in [3.8, 4) is 5.75 Å². The molecule has 1 unspecified atom stereocenters. The standard InChI is InChI=1S/C18H24FN3O2/c1-12-6-7-14(18(23)20-12)21-15-10-13(19)16(11-17(15)24-2)22-8-4-3-5-9-22/h10-11,14,21H,1,3-9H2,2H3,(H,20,23). The summed E-state index contributed by atoms with van der Waals surface area (Å²) < 4.78 is 20.0. The average Bonchev–Trinajstić information content (AvgIpc) is 2.58. The number of ether oxygens (including phenoxy) is 1. The first-order valence-electron chi connectivity index (χ1n) is 8.46. The van der Waals surface area contributed by atoms with E-state index in [2.05, 4.69) is 22.1 Å². The third-order valence-electron chi connectivity index (χ3n) is 4.65. The summed E-state index contributed by atoms with van der Waals surface area (Å²) in [6, 6.07) is 2.74. The van der Waals surface area contributed by atoms with E-state index in [1.165, 1.54) is 12.5 Å². The molecule has 0 saturated carbocycles. The van der Waals surface area contributed by atoms with Crippen LogP contribution in [-0.2, 0) is 4.79 Å². The predicted molar refractivity (Wildman–Crippen MR) is 92.9 cm³/mol. The molecule has 2 saturated heterocycles. The van der Waals surface area contributed by atoms with E-state index >= 15 is 0 Å². The van der Waals surface area contributed by atoms with Crippen molar-refractivity contribution in [2.75, 3.05) is 30.4 Å². The first kappa shape index (κ1) is 16.6. The molecule has 1 amide bonds. The summed E-state index contributed by atoms with van der Waals surface area (Å²) in [5.41, 5.74) is 1.79. The van der Waals surface area contributed by atoms with Crippen LogP contribution >= 0.6 is 0 Å². The van der Waals surface area contributed by atoms with Crippen molar-refractivity contribution >= 4 is 17.3 Å². The molecule has 2 N–H and O–H groups in total. The van der Waals surface area contributed by atoms with Gasteiger partial charge < -0.3 is 20.3 Å². The van der Waals surface area contributed by atoms with E-state index < -0.39 is 6.04 Å². The van der Waals surface area contributed by atoms with Gasteiger partial charge in [-0.1, -0.05) is 6.58 Å². The zero-order valence-corrected chi connectivity index (χ0v) is 14.0. The van der Waals surface area contributed by atoms with Crippen LogP contribution in [0.2, 0.25) is 0 Å². The molecule has 6 heteroatoms. The second-order valence-electron chi connectivity index (χ2n) is 6.38. The molecule has 2 fully saturated rings. The van der Waals surface area contributed by atoms with E-state index in [1.54, 1.807) is 13.2 Å². The van der Waals surface area contributed by atoms with Crippen molar-refractivity contribution in [2.24, 2.45) is 0 Å². The monoisotopic (exact) mass is 333 g/mol. The van der Waals surface area contributed by atoms with E-state index in [-0.39, 0.29) is 11.7 Å². The van der Waals surface area contributed by atoms with E-state index in [0.717, 1.165) is 31.6 Å². The molecule has 1 aromatic rings. The van der Waals surface area contributed by atoms with Gasteiger partial charge in [-0.15, -0.1) is 0 Å². The van der Waals surface area contributed by atoms with E-state index in [4.69, 9.17) is 4.74 Å². The van der Waals surface area contributed by atoms with Gasteiger partial charge in [-0.3, -0.25) is 4.79 Å². The van der Waals surface area contributed by atoms with Gasteiger partial charge in [0.05, 0.1) is 18.5 Å². The van der Waals surface area contributed by atoms with Crippen LogP contribution in [0.3, 0.4) is 0 Å². The van der Waals surface area contributed by atoms with Crippen LogP contribution in [0.15, 0.2) is 24.4 Å². The van der Waals surface area contributed by atoms with Crippen molar-refractivity contribution in [3.63, 3.8) is 0 Å². The number of piperidine rings is 2. The smallest absolute Gasteiger partial charge is 0.246 e. The van der Waals surface area contributed by atoms with E-state index in [0.29, 0.717) is 30.0 Å². The molecular weight excluding hydrogens is 309 g/mol. The number of methoxy groups -OCH3 is 1. The Bertz CT molecular complexity index is 641. The van der Waals surface area contributed by atoms with Crippen molar-refractivity contribution in [1.82, 2.24) is 5.32 Å². The number of allylic oxidation sites excluding steroid dienone is 1. The lowest BCUT2D eigenvalue weighted by molar-refractivity contribution is -0.122. The van der Waals surface area contributed by atoms with Crippen LogP contribution in [-0.4, -0.2) is 32.1 Å². The number of benzene rings is 1. The molecular formula is C18H24FN3O2. The number of anilines is 2. The SMILES string of the molecule is C=C1CCC(Nc2cc(F)c(N3CCCCC3)cc2OC)C(=O)N1. The van der Waals surface area contributed by atoms with Gasteiger partial charge in [0.25, 0.3) is 0 Å². The van der Waals surface area contributed by atoms with Gasteiger partial charge in [0.1, 0.15) is 17.6 Å². The minimum absolute atomic E-state index is 0.145. The molecule has 24 heavy (non-hydrogen) atoms. The Kier molecular flexibility index (Phi) is 4.92. The lowest BCUT2D eigenvalue weighted by Gasteiger charge is -2.30. The maximum atomic E-state index is 14.6. The molecule has 0 aliphatic carbocycles. The molecule has 0 aromatic heterocycles. The lowest BCUT2D eigenvalue weighted by atomic mass is 10.0. The molecule has 0 bridgehead atoms. The van der Waals surface area contributed by atoms with Crippen LogP contribution in [0.4, 0.5) is 15.8 Å². The quantitative estimate of drug-likeness (QED) is 0.889. The molecule has 130 valence electrons. The van der Waals surface area contributed by atoms with Gasteiger partial charge >= 0.3 is 0 Å². The summed E-state index contributed by atoms with van der Waals surface area (Å²) >= 11 is 0. The number of carbonyl (C=O) groups is 1. The average molecular weight is 333 g/mol. The van der Waals surface area contributed by atoms with E-state index in [9.17, 15) is 9.18 Å². The molecule has 3 rings (SSSR count). The Morgan fingerprint density at radius 1 is 1.33 bits per heavy atom. The number of nitrogens with zero attached hydrogens (tertiary/aromatic N) is 1. The maximum Gasteiger partial charge on any atom is 0.246 e. The van der Waals surface area contributed by atoms with Gasteiger partial charge in [0.2, 0.25) is 5.91 Å². The summed E-state index contributed by atoms with van der Waals surface area (Å²) in [6.07, 6.45) is 4.68. The summed E-state index contributed by atoms with van der Waals surface area (Å²) in [5.74, 6) is 0.115. The van der Waals surface area contributed by atoms with Crippen LogP contribution in [0, 0.1) is 5.82 Å². The molecule has 0 radical (unpaired) electrons. The number of carbonyl (C=O) groups excluding carboxylic acids is 1. The molecule has 2 aliphatic rings. The number of hydrogen-bond donors (Lipinski definition) is 2. The number of halogens is 1. The highest BCUT2D eigenvalue weighted by Gasteiger charge is 2.26. The fourth-order valence-electron chi connectivity index (χ4n) is 3.30. The molecule has 0 spiro atoms. The Balaban J connectivity index is 1.81. The fraction of sp³-hybridized carbons (Fsp3) is 0.500. The Morgan fingerprint density at radius 2 is 2.08 bits per heavy atom. The highest BCUT2D eigenvalue weighted by molar-refractivity contribution is 5.87. The molecule has 5 nitrogen and oxygen atoms in total. The molecule has 1 aromatic carbocycles. The second-order valence-corrected chi connectivity index (χ2v) is 6.38. The van der Waals surface area contributed by atoms with Crippen LogP contribution < -0.4 is 20.3 Å². The van der Waals surface area contributed by atoms with Crippen LogP contribution in [0.5, 0.6) is 5.75 Å². The third kappa shape index (κ3) is 3.47. The minimum atomic E-state index is -0.412. The van der Waals surface area contributed by atoms with Crippen molar-refractivity contribution in [1.29, 1.82) is 0 Å². The Hall–Kier alpha value is -2.24. The topological polar surface area (TPSA) is 53.6 Å². The zero-order chi connectivity index (χ0) is 17.1.